The molecule has 0 aromatic heterocycles. The largest absolute Gasteiger partial charge is 0.489 e. The molecule has 152 valence electrons. The van der Waals surface area contributed by atoms with E-state index in [9.17, 15) is 0 Å². The predicted octanol–water partition coefficient (Wildman–Crippen LogP) is 6.34. The van der Waals surface area contributed by atoms with E-state index in [1.165, 1.54) is 5.56 Å². The lowest BCUT2D eigenvalue weighted by molar-refractivity contribution is 0.304. The molecule has 0 spiro atoms. The van der Waals surface area contributed by atoms with Crippen molar-refractivity contribution in [1.82, 2.24) is 4.90 Å². The minimum Gasteiger partial charge on any atom is -0.489 e. The van der Waals surface area contributed by atoms with Crippen LogP contribution >= 0.6 is 0 Å². The van der Waals surface area contributed by atoms with E-state index in [2.05, 4.69) is 87.5 Å². The number of hydrogen-bond acceptors (Lipinski definition) is 2. The van der Waals surface area contributed by atoms with Crippen molar-refractivity contribution < 1.29 is 4.74 Å². The topological polar surface area (TPSA) is 12.5 Å². The number of hydrogen-bond donors (Lipinski definition) is 0. The van der Waals surface area contributed by atoms with Crippen LogP contribution in [0.1, 0.15) is 44.4 Å². The van der Waals surface area contributed by atoms with Gasteiger partial charge in [-0.3, -0.25) is 4.90 Å². The Kier molecular flexibility index (Phi) is 8.31. The molecule has 2 heteroatoms. The van der Waals surface area contributed by atoms with E-state index in [4.69, 9.17) is 4.74 Å². The third-order valence-corrected chi connectivity index (χ3v) is 4.24. The lowest BCUT2D eigenvalue weighted by Crippen LogP contribution is -2.17. The first-order valence-electron chi connectivity index (χ1n) is 10.1. The van der Waals surface area contributed by atoms with Crippen molar-refractivity contribution in [3.8, 4) is 17.6 Å². The quantitative estimate of drug-likeness (QED) is 0.490. The Morgan fingerprint density at radius 1 is 1.10 bits per heavy atom. The molecule has 0 aliphatic carbocycles. The van der Waals surface area contributed by atoms with E-state index < -0.39 is 0 Å². The summed E-state index contributed by atoms with van der Waals surface area (Å²) >= 11 is 0. The molecular weight excluding hydrogens is 354 g/mol. The van der Waals surface area contributed by atoms with Gasteiger partial charge in [-0.2, -0.15) is 0 Å². The second-order valence-electron chi connectivity index (χ2n) is 8.54. The maximum Gasteiger partial charge on any atom is 0.120 e. The van der Waals surface area contributed by atoms with E-state index >= 15 is 0 Å². The number of ether oxygens (including phenoxy) is 1. The Labute approximate surface area is 176 Å². The van der Waals surface area contributed by atoms with Crippen LogP contribution in [0.25, 0.3) is 5.57 Å². The van der Waals surface area contributed by atoms with Gasteiger partial charge in [0.2, 0.25) is 0 Å². The summed E-state index contributed by atoms with van der Waals surface area (Å²) in [6.07, 6.45) is 4.05. The molecule has 0 heterocycles. The van der Waals surface area contributed by atoms with Crippen molar-refractivity contribution in [3.05, 3.63) is 84.0 Å². The number of rotatable bonds is 8. The molecule has 29 heavy (non-hydrogen) atoms. The summed E-state index contributed by atoms with van der Waals surface area (Å²) in [4.78, 5) is 2.25. The van der Waals surface area contributed by atoms with E-state index in [-0.39, 0.29) is 5.41 Å². The number of benzene rings is 2. The Morgan fingerprint density at radius 3 is 2.55 bits per heavy atom. The van der Waals surface area contributed by atoms with Gasteiger partial charge in [0.1, 0.15) is 12.4 Å². The summed E-state index contributed by atoms with van der Waals surface area (Å²) < 4.78 is 6.01. The molecule has 2 aromatic rings. The monoisotopic (exact) mass is 387 g/mol. The summed E-state index contributed by atoms with van der Waals surface area (Å²) in [6.45, 7) is 14.7. The van der Waals surface area contributed by atoms with Crippen molar-refractivity contribution in [3.63, 3.8) is 0 Å². The zero-order valence-electron chi connectivity index (χ0n) is 18.5. The summed E-state index contributed by atoms with van der Waals surface area (Å²) in [5, 5.41) is 0. The lowest BCUT2D eigenvalue weighted by Gasteiger charge is -2.15. The van der Waals surface area contributed by atoms with Gasteiger partial charge in [0, 0.05) is 18.5 Å². The highest BCUT2D eigenvalue weighted by Crippen LogP contribution is 2.18. The van der Waals surface area contributed by atoms with Crippen LogP contribution in [0.3, 0.4) is 0 Å². The van der Waals surface area contributed by atoms with Gasteiger partial charge in [0.25, 0.3) is 0 Å². The van der Waals surface area contributed by atoms with Crippen LogP contribution in [0.4, 0.5) is 0 Å². The van der Waals surface area contributed by atoms with Crippen LogP contribution in [0.2, 0.25) is 0 Å². The van der Waals surface area contributed by atoms with Crippen molar-refractivity contribution in [2.24, 2.45) is 5.41 Å². The van der Waals surface area contributed by atoms with Crippen LogP contribution in [0.5, 0.6) is 5.75 Å². The zero-order chi connectivity index (χ0) is 21.3. The second-order valence-corrected chi connectivity index (χ2v) is 8.54. The molecule has 0 bridgehead atoms. The molecule has 2 aromatic carbocycles. The maximum absolute atomic E-state index is 6.01. The lowest BCUT2D eigenvalue weighted by atomic mass is 9.98. The van der Waals surface area contributed by atoms with Crippen molar-refractivity contribution in [1.29, 1.82) is 0 Å². The summed E-state index contributed by atoms with van der Waals surface area (Å²) in [5.41, 5.74) is 4.64. The van der Waals surface area contributed by atoms with Crippen LogP contribution in [-0.4, -0.2) is 18.5 Å². The maximum atomic E-state index is 6.01. The van der Waals surface area contributed by atoms with E-state index in [1.54, 1.807) is 0 Å². The van der Waals surface area contributed by atoms with Gasteiger partial charge >= 0.3 is 0 Å². The van der Waals surface area contributed by atoms with Gasteiger partial charge in [-0.25, -0.2) is 0 Å². The molecule has 0 atom stereocenters. The highest BCUT2D eigenvalue weighted by molar-refractivity contribution is 5.61. The smallest absolute Gasteiger partial charge is 0.120 e. The highest BCUT2D eigenvalue weighted by Gasteiger charge is 2.03. The molecule has 0 aliphatic heterocycles. The molecule has 2 nitrogen and oxygen atoms in total. The van der Waals surface area contributed by atoms with Crippen LogP contribution in [0.15, 0.2) is 67.3 Å². The minimum absolute atomic E-state index is 0.0442. The molecule has 0 unspecified atom stereocenters. The third kappa shape index (κ3) is 8.85. The first-order valence-corrected chi connectivity index (χ1v) is 10.1. The van der Waals surface area contributed by atoms with Gasteiger partial charge in [-0.05, 0) is 75.7 Å². The average molecular weight is 388 g/mol. The summed E-state index contributed by atoms with van der Waals surface area (Å²) in [6, 6.07) is 16.6. The fraction of sp³-hybridized carbons (Fsp3) is 0.333. The predicted molar refractivity (Wildman–Crippen MR) is 125 cm³/mol. The van der Waals surface area contributed by atoms with Gasteiger partial charge in [-0.1, -0.05) is 60.4 Å². The molecule has 0 N–H and O–H groups in total. The Morgan fingerprint density at radius 2 is 1.83 bits per heavy atom. The highest BCUT2D eigenvalue weighted by atomic mass is 16.5. The first-order chi connectivity index (χ1) is 13.7. The number of nitrogens with zero attached hydrogens (tertiary/aromatic N) is 1. The Bertz CT molecular complexity index is 906. The third-order valence-electron chi connectivity index (χ3n) is 4.24. The molecule has 0 saturated heterocycles. The first kappa shape index (κ1) is 22.5. The molecule has 0 radical (unpaired) electrons. The normalized spacial score (nSPS) is 11.4. The molecule has 0 aliphatic rings. The van der Waals surface area contributed by atoms with Gasteiger partial charge in [-0.15, -0.1) is 0 Å². The van der Waals surface area contributed by atoms with E-state index in [1.807, 2.05) is 31.2 Å². The van der Waals surface area contributed by atoms with Gasteiger partial charge in [0.05, 0.1) is 0 Å². The standard InChI is InChI=1S/C27H33NO/c1-22(2)25-14-10-13-24(18-25)21-29-26-15-11-12-23(19-26)20-28(6)17-9-7-8-16-27(3,4)5/h7,9-15,18-19H,1,17,20-21H2,2-6H3. The molecule has 0 saturated carbocycles. The van der Waals surface area contributed by atoms with Gasteiger partial charge < -0.3 is 4.74 Å². The average Bonchev–Trinajstić information content (AvgIpc) is 2.65. The molecule has 2 rings (SSSR count). The Balaban J connectivity index is 1.88. The van der Waals surface area contributed by atoms with Crippen molar-refractivity contribution in [2.75, 3.05) is 13.6 Å². The minimum atomic E-state index is 0.0442. The van der Waals surface area contributed by atoms with E-state index in [0.717, 1.165) is 35.5 Å². The second kappa shape index (κ2) is 10.7. The van der Waals surface area contributed by atoms with Crippen LogP contribution < -0.4 is 4.74 Å². The van der Waals surface area contributed by atoms with Crippen molar-refractivity contribution >= 4 is 5.57 Å². The van der Waals surface area contributed by atoms with Gasteiger partial charge in [0.15, 0.2) is 0 Å². The van der Waals surface area contributed by atoms with Crippen molar-refractivity contribution in [2.45, 2.75) is 40.8 Å². The van der Waals surface area contributed by atoms with Crippen LogP contribution in [0, 0.1) is 17.3 Å². The van der Waals surface area contributed by atoms with E-state index in [0.29, 0.717) is 6.61 Å². The molecular formula is C27H33NO. The zero-order valence-corrected chi connectivity index (χ0v) is 18.5. The summed E-state index contributed by atoms with van der Waals surface area (Å²) in [5.74, 6) is 7.22. The fourth-order valence-electron chi connectivity index (χ4n) is 2.75. The van der Waals surface area contributed by atoms with Crippen LogP contribution in [-0.2, 0) is 13.2 Å². The molecule has 0 amide bonds. The summed E-state index contributed by atoms with van der Waals surface area (Å²) in [7, 11) is 2.11. The number of allylic oxidation sites excluding steroid dienone is 2. The Hall–Kier alpha value is -2.76. The SMILES string of the molecule is C=C(C)c1cccc(COc2cccc(CN(C)CC=CC#CC(C)(C)C)c2)c1. The fourth-order valence-corrected chi connectivity index (χ4v) is 2.75. The molecule has 0 fully saturated rings. The number of likely N-dealkylation sites (N-methyl/N-ethyl adjacent to an activating group) is 1.